The quantitative estimate of drug-likeness (QED) is 0.685. The normalized spacial score (nSPS) is 56.9. The third-order valence-electron chi connectivity index (χ3n) is 6.11. The first-order valence-electron chi connectivity index (χ1n) is 6.94. The zero-order valence-electron chi connectivity index (χ0n) is 11.1. The van der Waals surface area contributed by atoms with Gasteiger partial charge in [-0.25, -0.2) is 0 Å². The zero-order chi connectivity index (χ0) is 12.5. The Morgan fingerprint density at radius 3 is 2.53 bits per heavy atom. The molecule has 3 rings (SSSR count). The van der Waals surface area contributed by atoms with Crippen molar-refractivity contribution in [3.63, 3.8) is 0 Å². The van der Waals surface area contributed by atoms with Crippen molar-refractivity contribution in [1.29, 1.82) is 0 Å². The molecule has 0 aliphatic heterocycles. The van der Waals surface area contributed by atoms with Gasteiger partial charge >= 0.3 is 0 Å². The van der Waals surface area contributed by atoms with Crippen molar-refractivity contribution in [2.45, 2.75) is 45.8 Å². The van der Waals surface area contributed by atoms with Crippen molar-refractivity contribution in [2.75, 3.05) is 0 Å². The van der Waals surface area contributed by atoms with E-state index in [9.17, 15) is 10.2 Å². The van der Waals surface area contributed by atoms with Crippen LogP contribution >= 0.6 is 0 Å². The van der Waals surface area contributed by atoms with E-state index in [0.717, 1.165) is 5.57 Å². The Balaban J connectivity index is 1.98. The van der Waals surface area contributed by atoms with Crippen LogP contribution in [0.4, 0.5) is 0 Å². The highest BCUT2D eigenvalue weighted by atomic mass is 16.3. The predicted molar refractivity (Wildman–Crippen MR) is 67.3 cm³/mol. The summed E-state index contributed by atoms with van der Waals surface area (Å²) in [5.41, 5.74) is 1.11. The number of aliphatic hydroxyl groups is 2. The highest BCUT2D eigenvalue weighted by Gasteiger charge is 2.70. The van der Waals surface area contributed by atoms with E-state index in [1.165, 1.54) is 12.8 Å². The molecule has 2 nitrogen and oxygen atoms in total. The van der Waals surface area contributed by atoms with Crippen LogP contribution in [-0.4, -0.2) is 22.4 Å². The summed E-state index contributed by atoms with van der Waals surface area (Å²) in [6, 6.07) is 0. The van der Waals surface area contributed by atoms with Crippen LogP contribution in [0.3, 0.4) is 0 Å². The number of fused-ring (bicyclic) bond motifs is 1. The lowest BCUT2D eigenvalue weighted by atomic mass is 9.32. The summed E-state index contributed by atoms with van der Waals surface area (Å²) in [5, 5.41) is 20.3. The van der Waals surface area contributed by atoms with Crippen molar-refractivity contribution in [2.24, 2.45) is 35.0 Å². The van der Waals surface area contributed by atoms with Crippen LogP contribution in [0, 0.1) is 35.0 Å². The van der Waals surface area contributed by atoms with E-state index >= 15 is 0 Å². The Morgan fingerprint density at radius 2 is 2.00 bits per heavy atom. The second kappa shape index (κ2) is 3.36. The minimum Gasteiger partial charge on any atom is -0.390 e. The summed E-state index contributed by atoms with van der Waals surface area (Å²) in [6.45, 7) is 10.9. The van der Waals surface area contributed by atoms with Gasteiger partial charge in [-0.2, -0.15) is 0 Å². The van der Waals surface area contributed by atoms with Crippen LogP contribution in [0.5, 0.6) is 0 Å². The molecular formula is C15H24O2. The molecule has 17 heavy (non-hydrogen) atoms. The maximum absolute atomic E-state index is 10.3. The van der Waals surface area contributed by atoms with Gasteiger partial charge in [-0.3, -0.25) is 0 Å². The van der Waals surface area contributed by atoms with Crippen LogP contribution in [0.25, 0.3) is 0 Å². The third-order valence-corrected chi connectivity index (χ3v) is 6.11. The molecule has 0 saturated heterocycles. The molecule has 0 amide bonds. The van der Waals surface area contributed by atoms with Crippen LogP contribution in [0.15, 0.2) is 12.2 Å². The number of hydrogen-bond donors (Lipinski definition) is 2. The molecule has 2 heteroatoms. The molecule has 5 unspecified atom stereocenters. The zero-order valence-corrected chi connectivity index (χ0v) is 11.1. The molecule has 96 valence electrons. The van der Waals surface area contributed by atoms with Crippen LogP contribution in [0.1, 0.15) is 33.6 Å². The van der Waals surface area contributed by atoms with Crippen molar-refractivity contribution in [1.82, 2.24) is 0 Å². The second-order valence-corrected chi connectivity index (χ2v) is 7.04. The summed E-state index contributed by atoms with van der Waals surface area (Å²) in [7, 11) is 0. The molecule has 3 aliphatic rings. The Hall–Kier alpha value is -0.340. The minimum atomic E-state index is -0.680. The second-order valence-electron chi connectivity index (χ2n) is 7.04. The monoisotopic (exact) mass is 236 g/mol. The van der Waals surface area contributed by atoms with Gasteiger partial charge in [0, 0.05) is 0 Å². The van der Waals surface area contributed by atoms with Crippen LogP contribution in [-0.2, 0) is 0 Å². The maximum atomic E-state index is 10.3. The maximum Gasteiger partial charge on any atom is 0.101 e. The molecule has 2 N–H and O–H groups in total. The van der Waals surface area contributed by atoms with Gasteiger partial charge in [0.05, 0.1) is 6.10 Å². The lowest BCUT2D eigenvalue weighted by molar-refractivity contribution is -0.258. The Kier molecular flexibility index (Phi) is 2.32. The summed E-state index contributed by atoms with van der Waals surface area (Å²) in [5.74, 6) is 2.69. The van der Waals surface area contributed by atoms with E-state index in [1.807, 2.05) is 0 Å². The van der Waals surface area contributed by atoms with Gasteiger partial charge in [-0.15, -0.1) is 0 Å². The topological polar surface area (TPSA) is 40.5 Å². The van der Waals surface area contributed by atoms with Crippen molar-refractivity contribution < 1.29 is 10.2 Å². The molecule has 4 bridgehead atoms. The molecule has 0 aromatic rings. The lowest BCUT2D eigenvalue weighted by Gasteiger charge is -2.73. The minimum absolute atomic E-state index is 0.214. The molecule has 3 saturated carbocycles. The van der Waals surface area contributed by atoms with E-state index < -0.39 is 12.2 Å². The highest BCUT2D eigenvalue weighted by molar-refractivity contribution is 5.32. The van der Waals surface area contributed by atoms with Gasteiger partial charge in [0.2, 0.25) is 0 Å². The Morgan fingerprint density at radius 1 is 1.35 bits per heavy atom. The average Bonchev–Trinajstić information content (AvgIpc) is 2.25. The van der Waals surface area contributed by atoms with E-state index in [1.54, 1.807) is 0 Å². The summed E-state index contributed by atoms with van der Waals surface area (Å²) in [4.78, 5) is 0. The average molecular weight is 236 g/mol. The number of rotatable bonds is 1. The fourth-order valence-electron chi connectivity index (χ4n) is 5.35. The molecular weight excluding hydrogens is 212 g/mol. The largest absolute Gasteiger partial charge is 0.390 e. The van der Waals surface area contributed by atoms with Crippen LogP contribution < -0.4 is 0 Å². The van der Waals surface area contributed by atoms with Gasteiger partial charge < -0.3 is 10.2 Å². The SMILES string of the molecule is C=C1C2C3C(C(C)C)CCC2(C)C3[C@H](O)[C@H]1O. The van der Waals surface area contributed by atoms with E-state index in [-0.39, 0.29) is 5.41 Å². The van der Waals surface area contributed by atoms with Crippen LogP contribution in [0.2, 0.25) is 0 Å². The predicted octanol–water partition coefficient (Wildman–Crippen LogP) is 2.21. The molecule has 0 radical (unpaired) electrons. The molecule has 0 spiro atoms. The first-order chi connectivity index (χ1) is 7.89. The molecule has 3 fully saturated rings. The summed E-state index contributed by atoms with van der Waals surface area (Å²) in [6.07, 6.45) is 1.20. The Bertz CT molecular complexity index is 362. The van der Waals surface area contributed by atoms with Gasteiger partial charge in [0.1, 0.15) is 6.10 Å². The molecule has 3 aliphatic carbocycles. The van der Waals surface area contributed by atoms with E-state index in [2.05, 4.69) is 27.4 Å². The van der Waals surface area contributed by atoms with Crippen molar-refractivity contribution in [3.8, 4) is 0 Å². The molecule has 7 atom stereocenters. The van der Waals surface area contributed by atoms with Crippen molar-refractivity contribution in [3.05, 3.63) is 12.2 Å². The first-order valence-corrected chi connectivity index (χ1v) is 6.94. The van der Waals surface area contributed by atoms with Crippen molar-refractivity contribution >= 4 is 0 Å². The molecule has 0 heterocycles. The summed E-state index contributed by atoms with van der Waals surface area (Å²) < 4.78 is 0. The van der Waals surface area contributed by atoms with Gasteiger partial charge in [-0.05, 0) is 53.4 Å². The summed E-state index contributed by atoms with van der Waals surface area (Å²) >= 11 is 0. The number of hydrogen-bond acceptors (Lipinski definition) is 2. The Labute approximate surface area is 104 Å². The fourth-order valence-corrected chi connectivity index (χ4v) is 5.35. The van der Waals surface area contributed by atoms with Gasteiger partial charge in [0.25, 0.3) is 0 Å². The molecule has 0 aromatic heterocycles. The number of aliphatic hydroxyl groups excluding tert-OH is 2. The fraction of sp³-hybridized carbons (Fsp3) is 0.867. The first kappa shape index (κ1) is 11.7. The smallest absolute Gasteiger partial charge is 0.101 e. The van der Waals surface area contributed by atoms with E-state index in [4.69, 9.17) is 0 Å². The highest BCUT2D eigenvalue weighted by Crippen LogP contribution is 2.72. The molecule has 0 aromatic carbocycles. The lowest BCUT2D eigenvalue weighted by Crippen LogP contribution is -2.72. The van der Waals surface area contributed by atoms with E-state index in [0.29, 0.717) is 29.6 Å². The van der Waals surface area contributed by atoms with Gasteiger partial charge in [0.15, 0.2) is 0 Å². The standard InChI is InChI=1S/C15H24O2/c1-7(2)9-5-6-15(4)11-8(3)13(16)14(17)12(15)10(9)11/h7,9-14,16-17H,3,5-6H2,1-2,4H3/t9?,10?,11?,12?,13-,14-,15?/m0/s1. The van der Waals surface area contributed by atoms with Gasteiger partial charge in [-0.1, -0.05) is 27.4 Å². The third kappa shape index (κ3) is 1.18.